The molecule has 0 aliphatic heterocycles. The standard InChI is InChI=1S/C18H28N4O4S/c19-27(25,26)16-9-4-6-14(12-16)13-21-17(23)10-5-11-20-18(24)22-15-7-2-1-3-8-15/h4,6,9,12,15H,1-3,5,7-8,10-11,13H2,(H,21,23)(H2,19,25,26)(H2,20,22,24). The summed E-state index contributed by atoms with van der Waals surface area (Å²) in [7, 11) is -3.76. The van der Waals surface area contributed by atoms with E-state index in [0.717, 1.165) is 25.7 Å². The molecule has 2 rings (SSSR count). The van der Waals surface area contributed by atoms with E-state index in [1.165, 1.54) is 18.6 Å². The highest BCUT2D eigenvalue weighted by Crippen LogP contribution is 2.17. The van der Waals surface area contributed by atoms with Crippen molar-refractivity contribution in [2.75, 3.05) is 6.54 Å². The van der Waals surface area contributed by atoms with Gasteiger partial charge in [-0.1, -0.05) is 31.4 Å². The van der Waals surface area contributed by atoms with Crippen LogP contribution in [0, 0.1) is 0 Å². The summed E-state index contributed by atoms with van der Waals surface area (Å²) in [5.41, 5.74) is 0.653. The zero-order valence-electron chi connectivity index (χ0n) is 15.4. The van der Waals surface area contributed by atoms with E-state index in [-0.39, 0.29) is 35.8 Å². The van der Waals surface area contributed by atoms with Gasteiger partial charge in [0.05, 0.1) is 4.90 Å². The monoisotopic (exact) mass is 396 g/mol. The third-order valence-electron chi connectivity index (χ3n) is 4.52. The lowest BCUT2D eigenvalue weighted by Gasteiger charge is -2.22. The van der Waals surface area contributed by atoms with Crippen molar-refractivity contribution in [1.82, 2.24) is 16.0 Å². The van der Waals surface area contributed by atoms with Crippen molar-refractivity contribution < 1.29 is 18.0 Å². The van der Waals surface area contributed by atoms with Gasteiger partial charge < -0.3 is 16.0 Å². The number of rotatable bonds is 8. The van der Waals surface area contributed by atoms with Gasteiger partial charge in [0.2, 0.25) is 15.9 Å². The number of primary sulfonamides is 1. The van der Waals surface area contributed by atoms with Crippen molar-refractivity contribution in [3.8, 4) is 0 Å². The number of nitrogens with two attached hydrogens (primary N) is 1. The molecule has 0 bridgehead atoms. The van der Waals surface area contributed by atoms with E-state index in [0.29, 0.717) is 18.5 Å². The van der Waals surface area contributed by atoms with Crippen LogP contribution in [0.3, 0.4) is 0 Å². The lowest BCUT2D eigenvalue weighted by Crippen LogP contribution is -2.43. The second-order valence-corrected chi connectivity index (χ2v) is 8.37. The van der Waals surface area contributed by atoms with Gasteiger partial charge in [0.15, 0.2) is 0 Å². The van der Waals surface area contributed by atoms with Gasteiger partial charge in [-0.2, -0.15) is 0 Å². The molecule has 8 nitrogen and oxygen atoms in total. The van der Waals surface area contributed by atoms with E-state index < -0.39 is 10.0 Å². The van der Waals surface area contributed by atoms with Gasteiger partial charge in [-0.3, -0.25) is 4.79 Å². The molecule has 27 heavy (non-hydrogen) atoms. The lowest BCUT2D eigenvalue weighted by atomic mass is 9.96. The Morgan fingerprint density at radius 3 is 2.56 bits per heavy atom. The Morgan fingerprint density at radius 2 is 1.85 bits per heavy atom. The Bertz CT molecular complexity index is 745. The second-order valence-electron chi connectivity index (χ2n) is 6.81. The molecule has 0 aromatic heterocycles. The van der Waals surface area contributed by atoms with Crippen LogP contribution in [0.2, 0.25) is 0 Å². The summed E-state index contributed by atoms with van der Waals surface area (Å²) in [6, 6.07) is 6.22. The highest BCUT2D eigenvalue weighted by atomic mass is 32.2. The molecular formula is C18H28N4O4S. The maximum Gasteiger partial charge on any atom is 0.315 e. The Balaban J connectivity index is 1.61. The smallest absolute Gasteiger partial charge is 0.315 e. The SMILES string of the molecule is NS(=O)(=O)c1cccc(CNC(=O)CCCNC(=O)NC2CCCCC2)c1. The van der Waals surface area contributed by atoms with Crippen LogP contribution in [0.4, 0.5) is 4.79 Å². The van der Waals surface area contributed by atoms with Gasteiger partial charge >= 0.3 is 6.03 Å². The van der Waals surface area contributed by atoms with Gasteiger partial charge in [0.1, 0.15) is 0 Å². The molecule has 1 saturated carbocycles. The maximum absolute atomic E-state index is 11.9. The number of nitrogens with one attached hydrogen (secondary N) is 3. The Hall–Kier alpha value is -2.13. The third kappa shape index (κ3) is 7.96. The van der Waals surface area contributed by atoms with Crippen molar-refractivity contribution in [2.45, 2.75) is 62.4 Å². The molecule has 0 spiro atoms. The number of hydrogen-bond donors (Lipinski definition) is 4. The summed E-state index contributed by atoms with van der Waals surface area (Å²) in [4.78, 5) is 23.7. The Labute approximate surface area is 160 Å². The number of hydrogen-bond acceptors (Lipinski definition) is 4. The quantitative estimate of drug-likeness (QED) is 0.494. The van der Waals surface area contributed by atoms with E-state index in [2.05, 4.69) is 16.0 Å². The highest BCUT2D eigenvalue weighted by Gasteiger charge is 2.15. The van der Waals surface area contributed by atoms with Crippen molar-refractivity contribution >= 4 is 22.0 Å². The first-order valence-corrected chi connectivity index (χ1v) is 10.8. The average Bonchev–Trinajstić information content (AvgIpc) is 2.64. The average molecular weight is 397 g/mol. The molecule has 150 valence electrons. The topological polar surface area (TPSA) is 130 Å². The summed E-state index contributed by atoms with van der Waals surface area (Å²) in [5.74, 6) is -0.162. The van der Waals surface area contributed by atoms with E-state index in [1.807, 2.05) is 0 Å². The number of sulfonamides is 1. The fraction of sp³-hybridized carbons (Fsp3) is 0.556. The first kappa shape index (κ1) is 21.2. The van der Waals surface area contributed by atoms with E-state index >= 15 is 0 Å². The van der Waals surface area contributed by atoms with Crippen LogP contribution in [-0.2, 0) is 21.4 Å². The van der Waals surface area contributed by atoms with Crippen LogP contribution in [0.1, 0.15) is 50.5 Å². The van der Waals surface area contributed by atoms with E-state index in [1.54, 1.807) is 12.1 Å². The highest BCUT2D eigenvalue weighted by molar-refractivity contribution is 7.89. The van der Waals surface area contributed by atoms with Crippen LogP contribution >= 0.6 is 0 Å². The minimum atomic E-state index is -3.76. The van der Waals surface area contributed by atoms with Gasteiger partial charge in [0, 0.05) is 25.6 Å². The summed E-state index contributed by atoms with van der Waals surface area (Å²) in [5, 5.41) is 13.6. The van der Waals surface area contributed by atoms with E-state index in [9.17, 15) is 18.0 Å². The minimum Gasteiger partial charge on any atom is -0.352 e. The van der Waals surface area contributed by atoms with Crippen molar-refractivity contribution in [3.63, 3.8) is 0 Å². The Kier molecular flexibility index (Phi) is 8.05. The molecule has 0 heterocycles. The van der Waals surface area contributed by atoms with Crippen LogP contribution in [-0.4, -0.2) is 32.9 Å². The Morgan fingerprint density at radius 1 is 1.11 bits per heavy atom. The van der Waals surface area contributed by atoms with Crippen LogP contribution in [0.5, 0.6) is 0 Å². The molecule has 0 atom stereocenters. The molecule has 0 radical (unpaired) electrons. The molecule has 1 fully saturated rings. The number of amides is 3. The summed E-state index contributed by atoms with van der Waals surface area (Å²) in [6.45, 7) is 0.644. The molecule has 5 N–H and O–H groups in total. The van der Waals surface area contributed by atoms with Crippen LogP contribution < -0.4 is 21.1 Å². The lowest BCUT2D eigenvalue weighted by molar-refractivity contribution is -0.121. The molecular weight excluding hydrogens is 368 g/mol. The van der Waals surface area contributed by atoms with Crippen molar-refractivity contribution in [1.29, 1.82) is 0 Å². The zero-order valence-corrected chi connectivity index (χ0v) is 16.2. The third-order valence-corrected chi connectivity index (χ3v) is 5.43. The molecule has 3 amide bonds. The van der Waals surface area contributed by atoms with Crippen molar-refractivity contribution in [2.24, 2.45) is 5.14 Å². The van der Waals surface area contributed by atoms with Gasteiger partial charge in [0.25, 0.3) is 0 Å². The van der Waals surface area contributed by atoms with Crippen molar-refractivity contribution in [3.05, 3.63) is 29.8 Å². The fourth-order valence-electron chi connectivity index (χ4n) is 3.06. The van der Waals surface area contributed by atoms with Gasteiger partial charge in [-0.25, -0.2) is 18.4 Å². The number of urea groups is 1. The predicted octanol–water partition coefficient (Wildman–Crippen LogP) is 1.36. The fourth-order valence-corrected chi connectivity index (χ4v) is 3.64. The number of carbonyl (C=O) groups excluding carboxylic acids is 2. The second kappa shape index (κ2) is 10.3. The summed E-state index contributed by atoms with van der Waals surface area (Å²) >= 11 is 0. The molecule has 0 unspecified atom stereocenters. The summed E-state index contributed by atoms with van der Waals surface area (Å²) in [6.07, 6.45) is 6.42. The first-order chi connectivity index (χ1) is 12.8. The van der Waals surface area contributed by atoms with Crippen LogP contribution in [0.25, 0.3) is 0 Å². The normalized spacial score (nSPS) is 15.1. The van der Waals surface area contributed by atoms with E-state index in [4.69, 9.17) is 5.14 Å². The molecule has 1 aromatic carbocycles. The minimum absolute atomic E-state index is 0.0161. The van der Waals surface area contributed by atoms with Gasteiger partial charge in [-0.15, -0.1) is 0 Å². The molecule has 1 aromatic rings. The number of carbonyl (C=O) groups is 2. The molecule has 1 aliphatic rings. The largest absolute Gasteiger partial charge is 0.352 e. The molecule has 1 aliphatic carbocycles. The van der Waals surface area contributed by atoms with Gasteiger partial charge in [-0.05, 0) is 37.0 Å². The number of benzene rings is 1. The predicted molar refractivity (Wildman–Crippen MR) is 102 cm³/mol. The maximum atomic E-state index is 11.9. The first-order valence-electron chi connectivity index (χ1n) is 9.27. The molecule has 0 saturated heterocycles. The molecule has 9 heteroatoms. The zero-order chi connectivity index (χ0) is 19.7. The summed E-state index contributed by atoms with van der Waals surface area (Å²) < 4.78 is 22.7. The van der Waals surface area contributed by atoms with Crippen LogP contribution in [0.15, 0.2) is 29.2 Å².